The van der Waals surface area contributed by atoms with E-state index in [2.05, 4.69) is 53.5 Å². The Kier molecular flexibility index (Phi) is 4.10. The predicted molar refractivity (Wildman–Crippen MR) is 72.2 cm³/mol. The quantitative estimate of drug-likeness (QED) is 0.872. The smallest absolute Gasteiger partial charge is 0.140 e. The molecule has 0 fully saturated rings. The molecule has 1 aromatic carbocycles. The van der Waals surface area contributed by atoms with E-state index in [-0.39, 0.29) is 0 Å². The highest BCUT2D eigenvalue weighted by atomic mass is 15.3. The fourth-order valence-corrected chi connectivity index (χ4v) is 1.99. The standard InChI is InChI=1S/C14H20N4/c1-11-6-4-5-7-13(11)8-12(2)15-9-14-16-10-17-18(14)3/h4-7,10,12,15H,8-9H2,1-3H3/t12-/m0/s1. The van der Waals surface area contributed by atoms with Crippen molar-refractivity contribution in [2.75, 3.05) is 0 Å². The van der Waals surface area contributed by atoms with Gasteiger partial charge in [-0.2, -0.15) is 5.10 Å². The van der Waals surface area contributed by atoms with Gasteiger partial charge in [-0.25, -0.2) is 4.98 Å². The number of benzene rings is 1. The molecule has 0 radical (unpaired) electrons. The van der Waals surface area contributed by atoms with Gasteiger partial charge in [0.05, 0.1) is 6.54 Å². The van der Waals surface area contributed by atoms with Crippen LogP contribution in [0.2, 0.25) is 0 Å². The van der Waals surface area contributed by atoms with Gasteiger partial charge in [-0.3, -0.25) is 4.68 Å². The van der Waals surface area contributed by atoms with Gasteiger partial charge >= 0.3 is 0 Å². The minimum Gasteiger partial charge on any atom is -0.307 e. The minimum atomic E-state index is 0.419. The summed E-state index contributed by atoms with van der Waals surface area (Å²) in [6.45, 7) is 5.11. The van der Waals surface area contributed by atoms with E-state index < -0.39 is 0 Å². The fourth-order valence-electron chi connectivity index (χ4n) is 1.99. The molecule has 0 spiro atoms. The van der Waals surface area contributed by atoms with Crippen LogP contribution in [0.3, 0.4) is 0 Å². The van der Waals surface area contributed by atoms with Gasteiger partial charge in [0.15, 0.2) is 0 Å². The Morgan fingerprint density at radius 3 is 2.78 bits per heavy atom. The summed E-state index contributed by atoms with van der Waals surface area (Å²) in [5.74, 6) is 0.964. The highest BCUT2D eigenvalue weighted by Gasteiger charge is 2.07. The van der Waals surface area contributed by atoms with Gasteiger partial charge in [0, 0.05) is 13.1 Å². The zero-order chi connectivity index (χ0) is 13.0. The average molecular weight is 244 g/mol. The van der Waals surface area contributed by atoms with Crippen LogP contribution in [0.15, 0.2) is 30.6 Å². The van der Waals surface area contributed by atoms with Crippen LogP contribution in [0.4, 0.5) is 0 Å². The Balaban J connectivity index is 1.88. The summed E-state index contributed by atoms with van der Waals surface area (Å²) in [7, 11) is 1.91. The molecule has 2 aromatic rings. The summed E-state index contributed by atoms with van der Waals surface area (Å²) in [6.07, 6.45) is 2.62. The lowest BCUT2D eigenvalue weighted by atomic mass is 10.0. The Labute approximate surface area is 108 Å². The maximum atomic E-state index is 4.20. The normalized spacial score (nSPS) is 12.6. The van der Waals surface area contributed by atoms with Crippen molar-refractivity contribution in [3.8, 4) is 0 Å². The molecule has 0 aliphatic heterocycles. The van der Waals surface area contributed by atoms with Crippen LogP contribution in [-0.2, 0) is 20.0 Å². The molecular formula is C14H20N4. The van der Waals surface area contributed by atoms with Gasteiger partial charge in [-0.05, 0) is 31.4 Å². The van der Waals surface area contributed by atoms with Crippen LogP contribution in [0.5, 0.6) is 0 Å². The zero-order valence-corrected chi connectivity index (χ0v) is 11.2. The van der Waals surface area contributed by atoms with Gasteiger partial charge in [0.2, 0.25) is 0 Å². The molecule has 0 aliphatic carbocycles. The molecule has 1 N–H and O–H groups in total. The first-order chi connectivity index (χ1) is 8.66. The van der Waals surface area contributed by atoms with Crippen molar-refractivity contribution in [3.05, 3.63) is 47.5 Å². The summed E-state index contributed by atoms with van der Waals surface area (Å²) < 4.78 is 1.80. The molecule has 0 unspecified atom stereocenters. The zero-order valence-electron chi connectivity index (χ0n) is 11.2. The second-order valence-electron chi connectivity index (χ2n) is 4.71. The maximum absolute atomic E-state index is 4.20. The summed E-state index contributed by atoms with van der Waals surface area (Å²) in [6, 6.07) is 8.94. The SMILES string of the molecule is Cc1ccccc1C[C@H](C)NCc1ncnn1C. The molecular weight excluding hydrogens is 224 g/mol. The van der Waals surface area contributed by atoms with Gasteiger partial charge < -0.3 is 5.32 Å². The van der Waals surface area contributed by atoms with Crippen LogP contribution in [0, 0.1) is 6.92 Å². The van der Waals surface area contributed by atoms with Gasteiger partial charge in [0.1, 0.15) is 12.2 Å². The third-order valence-corrected chi connectivity index (χ3v) is 3.20. The monoisotopic (exact) mass is 244 g/mol. The number of nitrogens with zero attached hydrogens (tertiary/aromatic N) is 3. The Hall–Kier alpha value is -1.68. The number of aromatic nitrogens is 3. The lowest BCUT2D eigenvalue weighted by Gasteiger charge is -2.14. The molecule has 0 aliphatic rings. The summed E-state index contributed by atoms with van der Waals surface area (Å²) in [5, 5.41) is 7.54. The highest BCUT2D eigenvalue weighted by molar-refractivity contribution is 5.26. The summed E-state index contributed by atoms with van der Waals surface area (Å²) in [4.78, 5) is 4.20. The number of hydrogen-bond donors (Lipinski definition) is 1. The van der Waals surface area contributed by atoms with Crippen molar-refractivity contribution in [2.45, 2.75) is 32.9 Å². The van der Waals surface area contributed by atoms with E-state index in [0.717, 1.165) is 18.8 Å². The molecule has 4 nitrogen and oxygen atoms in total. The third kappa shape index (κ3) is 3.17. The van der Waals surface area contributed by atoms with Crippen molar-refractivity contribution in [1.82, 2.24) is 20.1 Å². The predicted octanol–water partition coefficient (Wildman–Crippen LogP) is 1.84. The Morgan fingerprint density at radius 2 is 2.11 bits per heavy atom. The van der Waals surface area contributed by atoms with Gasteiger partial charge in [0.25, 0.3) is 0 Å². The molecule has 0 amide bonds. The first kappa shape index (κ1) is 12.8. The number of rotatable bonds is 5. The van der Waals surface area contributed by atoms with E-state index in [1.54, 1.807) is 11.0 Å². The Bertz CT molecular complexity index is 504. The highest BCUT2D eigenvalue weighted by Crippen LogP contribution is 2.09. The summed E-state index contributed by atoms with van der Waals surface area (Å²) in [5.41, 5.74) is 2.75. The van der Waals surface area contributed by atoms with E-state index in [9.17, 15) is 0 Å². The molecule has 1 heterocycles. The van der Waals surface area contributed by atoms with Crippen LogP contribution >= 0.6 is 0 Å². The second-order valence-corrected chi connectivity index (χ2v) is 4.71. The molecule has 1 aromatic heterocycles. The molecule has 0 saturated carbocycles. The van der Waals surface area contributed by atoms with E-state index in [4.69, 9.17) is 0 Å². The topological polar surface area (TPSA) is 42.7 Å². The van der Waals surface area contributed by atoms with Crippen LogP contribution < -0.4 is 5.32 Å². The molecule has 0 saturated heterocycles. The van der Waals surface area contributed by atoms with Crippen LogP contribution in [0.1, 0.15) is 23.9 Å². The van der Waals surface area contributed by atoms with Crippen molar-refractivity contribution in [3.63, 3.8) is 0 Å². The van der Waals surface area contributed by atoms with Crippen molar-refractivity contribution in [1.29, 1.82) is 0 Å². The number of aryl methyl sites for hydroxylation is 2. The summed E-state index contributed by atoms with van der Waals surface area (Å²) >= 11 is 0. The molecule has 1 atom stereocenters. The molecule has 96 valence electrons. The van der Waals surface area contributed by atoms with E-state index >= 15 is 0 Å². The first-order valence-corrected chi connectivity index (χ1v) is 6.27. The van der Waals surface area contributed by atoms with Crippen LogP contribution in [-0.4, -0.2) is 20.8 Å². The van der Waals surface area contributed by atoms with Crippen molar-refractivity contribution in [2.24, 2.45) is 7.05 Å². The lowest BCUT2D eigenvalue weighted by molar-refractivity contribution is 0.518. The lowest BCUT2D eigenvalue weighted by Crippen LogP contribution is -2.29. The van der Waals surface area contributed by atoms with E-state index in [0.29, 0.717) is 6.04 Å². The molecule has 2 rings (SSSR count). The van der Waals surface area contributed by atoms with E-state index in [1.807, 2.05) is 7.05 Å². The van der Waals surface area contributed by atoms with Crippen molar-refractivity contribution < 1.29 is 0 Å². The van der Waals surface area contributed by atoms with Gasteiger partial charge in [-0.1, -0.05) is 24.3 Å². The van der Waals surface area contributed by atoms with Gasteiger partial charge in [-0.15, -0.1) is 0 Å². The van der Waals surface area contributed by atoms with Crippen molar-refractivity contribution >= 4 is 0 Å². The largest absolute Gasteiger partial charge is 0.307 e. The Morgan fingerprint density at radius 1 is 1.33 bits per heavy atom. The fraction of sp³-hybridized carbons (Fsp3) is 0.429. The average Bonchev–Trinajstić information content (AvgIpc) is 2.75. The van der Waals surface area contributed by atoms with E-state index in [1.165, 1.54) is 11.1 Å². The number of hydrogen-bond acceptors (Lipinski definition) is 3. The minimum absolute atomic E-state index is 0.419. The first-order valence-electron chi connectivity index (χ1n) is 6.27. The third-order valence-electron chi connectivity index (χ3n) is 3.20. The molecule has 4 heteroatoms. The van der Waals surface area contributed by atoms with Crippen LogP contribution in [0.25, 0.3) is 0 Å². The molecule has 18 heavy (non-hydrogen) atoms. The molecule has 0 bridgehead atoms. The second kappa shape index (κ2) is 5.78. The maximum Gasteiger partial charge on any atom is 0.140 e. The number of nitrogens with one attached hydrogen (secondary N) is 1.